The maximum atomic E-state index is 11.5. The van der Waals surface area contributed by atoms with Crippen molar-refractivity contribution in [2.24, 2.45) is 0 Å². The second kappa shape index (κ2) is 5.95. The molecule has 2 aromatic rings. The number of aromatic nitrogens is 2. The molecular formula is C13H17N3O2. The third-order valence-corrected chi connectivity index (χ3v) is 2.38. The molecule has 2 rings (SSSR count). The van der Waals surface area contributed by atoms with Crippen molar-refractivity contribution in [2.45, 2.75) is 20.8 Å². The van der Waals surface area contributed by atoms with Gasteiger partial charge in [0, 0.05) is 24.6 Å². The molecule has 0 fully saturated rings. The van der Waals surface area contributed by atoms with Gasteiger partial charge in [0.15, 0.2) is 0 Å². The van der Waals surface area contributed by atoms with Gasteiger partial charge in [-0.1, -0.05) is 31.6 Å². The van der Waals surface area contributed by atoms with E-state index in [4.69, 9.17) is 4.52 Å². The summed E-state index contributed by atoms with van der Waals surface area (Å²) >= 11 is 0. The molecule has 0 radical (unpaired) electrons. The van der Waals surface area contributed by atoms with Gasteiger partial charge in [0.05, 0.1) is 0 Å². The highest BCUT2D eigenvalue weighted by Crippen LogP contribution is 2.17. The third-order valence-electron chi connectivity index (χ3n) is 2.38. The minimum absolute atomic E-state index is 0. The van der Waals surface area contributed by atoms with Gasteiger partial charge in [-0.3, -0.25) is 4.79 Å². The first-order valence-electron chi connectivity index (χ1n) is 5.39. The number of hydrogen-bond acceptors (Lipinski definition) is 4. The van der Waals surface area contributed by atoms with Gasteiger partial charge in [-0.2, -0.15) is 4.98 Å². The topological polar surface area (TPSA) is 68.0 Å². The van der Waals surface area contributed by atoms with Gasteiger partial charge in [0.1, 0.15) is 0 Å². The van der Waals surface area contributed by atoms with Crippen LogP contribution >= 0.6 is 0 Å². The zero-order chi connectivity index (χ0) is 12.3. The molecule has 96 valence electrons. The molecule has 5 heteroatoms. The Bertz CT molecular complexity index is 535. The van der Waals surface area contributed by atoms with E-state index in [0.29, 0.717) is 23.7 Å². The standard InChI is InChI=1S/C12H13N3O2.CH4/c1-3-10-14-11(15-17-10)8-5-4-6-9(7-8)12(16)13-2;/h4-7H,3H2,1-2H3,(H,13,16);1H4. The van der Waals surface area contributed by atoms with Gasteiger partial charge < -0.3 is 9.84 Å². The largest absolute Gasteiger partial charge is 0.355 e. The van der Waals surface area contributed by atoms with Gasteiger partial charge in [0.2, 0.25) is 11.7 Å². The van der Waals surface area contributed by atoms with Crippen LogP contribution in [0, 0.1) is 0 Å². The molecule has 1 aromatic heterocycles. The van der Waals surface area contributed by atoms with Crippen molar-refractivity contribution < 1.29 is 9.32 Å². The van der Waals surface area contributed by atoms with Crippen LogP contribution in [0.4, 0.5) is 0 Å². The first-order chi connectivity index (χ1) is 8.24. The number of hydrogen-bond donors (Lipinski definition) is 1. The fourth-order valence-corrected chi connectivity index (χ4v) is 1.46. The van der Waals surface area contributed by atoms with Crippen LogP contribution in [0.5, 0.6) is 0 Å². The molecule has 1 aromatic carbocycles. The van der Waals surface area contributed by atoms with Gasteiger partial charge in [-0.05, 0) is 12.1 Å². The van der Waals surface area contributed by atoms with E-state index < -0.39 is 0 Å². The van der Waals surface area contributed by atoms with E-state index in [1.807, 2.05) is 13.0 Å². The summed E-state index contributed by atoms with van der Waals surface area (Å²) in [5, 5.41) is 6.44. The summed E-state index contributed by atoms with van der Waals surface area (Å²) in [6.45, 7) is 1.94. The lowest BCUT2D eigenvalue weighted by molar-refractivity contribution is 0.0963. The zero-order valence-electron chi connectivity index (χ0n) is 9.73. The molecule has 0 unspecified atom stereocenters. The summed E-state index contributed by atoms with van der Waals surface area (Å²) in [6, 6.07) is 7.12. The predicted molar refractivity (Wildman–Crippen MR) is 69.2 cm³/mol. The molecule has 0 aliphatic heterocycles. The molecule has 1 amide bonds. The summed E-state index contributed by atoms with van der Waals surface area (Å²) in [6.07, 6.45) is 0.697. The Labute approximate surface area is 106 Å². The Morgan fingerprint density at radius 2 is 2.22 bits per heavy atom. The van der Waals surface area contributed by atoms with E-state index in [9.17, 15) is 4.79 Å². The van der Waals surface area contributed by atoms with E-state index in [1.165, 1.54) is 0 Å². The van der Waals surface area contributed by atoms with Crippen molar-refractivity contribution in [3.8, 4) is 11.4 Å². The molecule has 0 saturated carbocycles. The summed E-state index contributed by atoms with van der Waals surface area (Å²) in [7, 11) is 1.60. The summed E-state index contributed by atoms with van der Waals surface area (Å²) in [5.41, 5.74) is 1.35. The number of aryl methyl sites for hydroxylation is 1. The second-order valence-corrected chi connectivity index (χ2v) is 3.53. The lowest BCUT2D eigenvalue weighted by Gasteiger charge is -2.00. The number of carbonyl (C=O) groups is 1. The highest BCUT2D eigenvalue weighted by Gasteiger charge is 2.09. The number of nitrogens with one attached hydrogen (secondary N) is 1. The molecule has 0 spiro atoms. The number of rotatable bonds is 3. The smallest absolute Gasteiger partial charge is 0.251 e. The highest BCUT2D eigenvalue weighted by atomic mass is 16.5. The van der Waals surface area contributed by atoms with Crippen LogP contribution in [0.25, 0.3) is 11.4 Å². The van der Waals surface area contributed by atoms with Crippen molar-refractivity contribution in [1.82, 2.24) is 15.5 Å². The van der Waals surface area contributed by atoms with Gasteiger partial charge in [-0.15, -0.1) is 0 Å². The van der Waals surface area contributed by atoms with E-state index in [0.717, 1.165) is 5.56 Å². The van der Waals surface area contributed by atoms with Gasteiger partial charge in [-0.25, -0.2) is 0 Å². The average molecular weight is 247 g/mol. The number of carbonyl (C=O) groups excluding carboxylic acids is 1. The van der Waals surface area contributed by atoms with Crippen molar-refractivity contribution >= 4 is 5.91 Å². The lowest BCUT2D eigenvalue weighted by atomic mass is 10.1. The minimum atomic E-state index is -0.133. The van der Waals surface area contributed by atoms with Crippen LogP contribution in [-0.4, -0.2) is 23.1 Å². The number of amides is 1. The molecule has 1 heterocycles. The monoisotopic (exact) mass is 247 g/mol. The van der Waals surface area contributed by atoms with Crippen LogP contribution in [0.2, 0.25) is 0 Å². The molecule has 0 saturated heterocycles. The maximum Gasteiger partial charge on any atom is 0.251 e. The Morgan fingerprint density at radius 3 is 2.83 bits per heavy atom. The Balaban J connectivity index is 0.00000162. The van der Waals surface area contributed by atoms with E-state index in [2.05, 4.69) is 15.5 Å². The zero-order valence-corrected chi connectivity index (χ0v) is 9.73. The molecule has 1 N–H and O–H groups in total. The summed E-state index contributed by atoms with van der Waals surface area (Å²) in [5.74, 6) is 0.962. The SMILES string of the molecule is C.CCc1nc(-c2cccc(C(=O)NC)c2)no1. The average Bonchev–Trinajstić information content (AvgIpc) is 2.86. The van der Waals surface area contributed by atoms with Crippen LogP contribution < -0.4 is 5.32 Å². The quantitative estimate of drug-likeness (QED) is 0.903. The number of nitrogens with zero attached hydrogens (tertiary/aromatic N) is 2. The molecular weight excluding hydrogens is 230 g/mol. The molecule has 0 aliphatic rings. The molecule has 0 atom stereocenters. The maximum absolute atomic E-state index is 11.5. The predicted octanol–water partition coefficient (Wildman–Crippen LogP) is 2.29. The minimum Gasteiger partial charge on any atom is -0.355 e. The van der Waals surface area contributed by atoms with E-state index in [1.54, 1.807) is 25.2 Å². The molecule has 18 heavy (non-hydrogen) atoms. The van der Waals surface area contributed by atoms with Crippen LogP contribution in [0.3, 0.4) is 0 Å². The normalized spacial score (nSPS) is 9.67. The summed E-state index contributed by atoms with van der Waals surface area (Å²) < 4.78 is 5.03. The van der Waals surface area contributed by atoms with Gasteiger partial charge >= 0.3 is 0 Å². The van der Waals surface area contributed by atoms with E-state index in [-0.39, 0.29) is 13.3 Å². The molecule has 5 nitrogen and oxygen atoms in total. The first-order valence-corrected chi connectivity index (χ1v) is 5.39. The fraction of sp³-hybridized carbons (Fsp3) is 0.308. The fourth-order valence-electron chi connectivity index (χ4n) is 1.46. The summed E-state index contributed by atoms with van der Waals surface area (Å²) in [4.78, 5) is 15.7. The van der Waals surface area contributed by atoms with E-state index >= 15 is 0 Å². The van der Waals surface area contributed by atoms with Crippen LogP contribution in [-0.2, 0) is 6.42 Å². The van der Waals surface area contributed by atoms with Crippen molar-refractivity contribution in [3.63, 3.8) is 0 Å². The van der Waals surface area contributed by atoms with Crippen molar-refractivity contribution in [2.75, 3.05) is 7.05 Å². The van der Waals surface area contributed by atoms with Gasteiger partial charge in [0.25, 0.3) is 5.91 Å². The first kappa shape index (κ1) is 13.9. The Morgan fingerprint density at radius 1 is 1.44 bits per heavy atom. The lowest BCUT2D eigenvalue weighted by Crippen LogP contribution is -2.17. The Kier molecular flexibility index (Phi) is 4.59. The van der Waals surface area contributed by atoms with Crippen molar-refractivity contribution in [1.29, 1.82) is 0 Å². The van der Waals surface area contributed by atoms with Crippen LogP contribution in [0.1, 0.15) is 30.6 Å². The second-order valence-electron chi connectivity index (χ2n) is 3.53. The Hall–Kier alpha value is -2.17. The molecule has 0 aliphatic carbocycles. The van der Waals surface area contributed by atoms with Crippen molar-refractivity contribution in [3.05, 3.63) is 35.7 Å². The molecule has 0 bridgehead atoms. The number of benzene rings is 1. The third kappa shape index (κ3) is 2.74. The van der Waals surface area contributed by atoms with Crippen LogP contribution in [0.15, 0.2) is 28.8 Å². The highest BCUT2D eigenvalue weighted by molar-refractivity contribution is 5.95.